The Labute approximate surface area is 133 Å². The number of halogens is 1. The lowest BCUT2D eigenvalue weighted by molar-refractivity contribution is 0.0299. The maximum absolute atomic E-state index is 13.6. The van der Waals surface area contributed by atoms with E-state index < -0.39 is 0 Å². The van der Waals surface area contributed by atoms with Crippen LogP contribution in [-0.2, 0) is 11.3 Å². The lowest BCUT2D eigenvalue weighted by atomic mass is 10.2. The Morgan fingerprint density at radius 1 is 1.26 bits per heavy atom. The molecule has 0 spiro atoms. The van der Waals surface area contributed by atoms with Gasteiger partial charge in [0, 0.05) is 31.4 Å². The van der Waals surface area contributed by atoms with E-state index in [0.717, 1.165) is 0 Å². The minimum Gasteiger partial charge on any atom is -0.378 e. The number of anilines is 1. The number of amides is 1. The van der Waals surface area contributed by atoms with Crippen molar-refractivity contribution in [1.29, 1.82) is 0 Å². The van der Waals surface area contributed by atoms with Gasteiger partial charge in [-0.25, -0.2) is 14.4 Å². The molecule has 0 saturated carbocycles. The smallest absolute Gasteiger partial charge is 0.272 e. The van der Waals surface area contributed by atoms with Gasteiger partial charge in [-0.05, 0) is 12.1 Å². The van der Waals surface area contributed by atoms with E-state index in [1.165, 1.54) is 12.3 Å². The zero-order valence-corrected chi connectivity index (χ0v) is 12.5. The SMILES string of the molecule is O=C(c1ccnc(NCc2ccccc2F)n1)N1CCOCC1. The van der Waals surface area contributed by atoms with E-state index in [1.54, 1.807) is 29.2 Å². The van der Waals surface area contributed by atoms with Crippen LogP contribution in [-0.4, -0.2) is 47.1 Å². The molecule has 1 aromatic carbocycles. The molecular weight excluding hydrogens is 299 g/mol. The van der Waals surface area contributed by atoms with Crippen LogP contribution < -0.4 is 5.32 Å². The molecule has 1 saturated heterocycles. The molecule has 2 aromatic rings. The van der Waals surface area contributed by atoms with Gasteiger partial charge in [-0.2, -0.15) is 0 Å². The number of hydrogen-bond donors (Lipinski definition) is 1. The Kier molecular flexibility index (Phi) is 4.77. The number of ether oxygens (including phenoxy) is 1. The number of nitrogens with one attached hydrogen (secondary N) is 1. The molecule has 1 aliphatic rings. The number of benzene rings is 1. The molecule has 0 aliphatic carbocycles. The molecule has 2 heterocycles. The molecule has 7 heteroatoms. The van der Waals surface area contributed by atoms with Gasteiger partial charge in [-0.15, -0.1) is 0 Å². The molecule has 0 bridgehead atoms. The molecule has 1 N–H and O–H groups in total. The fraction of sp³-hybridized carbons (Fsp3) is 0.312. The van der Waals surface area contributed by atoms with Crippen molar-refractivity contribution in [1.82, 2.24) is 14.9 Å². The first-order chi connectivity index (χ1) is 11.2. The molecule has 1 amide bonds. The van der Waals surface area contributed by atoms with Crippen molar-refractivity contribution < 1.29 is 13.9 Å². The van der Waals surface area contributed by atoms with Gasteiger partial charge < -0.3 is 15.0 Å². The summed E-state index contributed by atoms with van der Waals surface area (Å²) in [7, 11) is 0. The van der Waals surface area contributed by atoms with Crippen molar-refractivity contribution in [2.45, 2.75) is 6.54 Å². The number of carbonyl (C=O) groups excluding carboxylic acids is 1. The average molecular weight is 316 g/mol. The first kappa shape index (κ1) is 15.4. The summed E-state index contributed by atoms with van der Waals surface area (Å²) in [5.41, 5.74) is 0.832. The third-order valence-corrected chi connectivity index (χ3v) is 3.57. The molecule has 3 rings (SSSR count). The molecule has 1 aliphatic heterocycles. The number of morpholine rings is 1. The number of carbonyl (C=O) groups is 1. The molecule has 1 fully saturated rings. The largest absolute Gasteiger partial charge is 0.378 e. The van der Waals surface area contributed by atoms with Crippen molar-refractivity contribution >= 4 is 11.9 Å². The van der Waals surface area contributed by atoms with E-state index in [1.807, 2.05) is 0 Å². The van der Waals surface area contributed by atoms with E-state index in [2.05, 4.69) is 15.3 Å². The van der Waals surface area contributed by atoms with E-state index in [-0.39, 0.29) is 18.3 Å². The monoisotopic (exact) mass is 316 g/mol. The minimum atomic E-state index is -0.291. The molecule has 120 valence electrons. The van der Waals surface area contributed by atoms with E-state index in [9.17, 15) is 9.18 Å². The lowest BCUT2D eigenvalue weighted by Crippen LogP contribution is -2.41. The fourth-order valence-electron chi connectivity index (χ4n) is 2.31. The highest BCUT2D eigenvalue weighted by Gasteiger charge is 2.20. The summed E-state index contributed by atoms with van der Waals surface area (Å²) in [6.07, 6.45) is 1.52. The van der Waals surface area contributed by atoms with Crippen molar-refractivity contribution in [3.63, 3.8) is 0 Å². The topological polar surface area (TPSA) is 67.4 Å². The van der Waals surface area contributed by atoms with Gasteiger partial charge in [0.25, 0.3) is 5.91 Å². The third-order valence-electron chi connectivity index (χ3n) is 3.57. The summed E-state index contributed by atoms with van der Waals surface area (Å²) in [4.78, 5) is 22.4. The molecule has 23 heavy (non-hydrogen) atoms. The Morgan fingerprint density at radius 2 is 2.04 bits per heavy atom. The van der Waals surface area contributed by atoms with Crippen molar-refractivity contribution in [2.75, 3.05) is 31.6 Å². The van der Waals surface area contributed by atoms with Gasteiger partial charge in [0.05, 0.1) is 13.2 Å². The maximum Gasteiger partial charge on any atom is 0.272 e. The highest BCUT2D eigenvalue weighted by molar-refractivity contribution is 5.92. The van der Waals surface area contributed by atoms with Crippen LogP contribution in [0.1, 0.15) is 16.1 Å². The second kappa shape index (κ2) is 7.15. The fourth-order valence-corrected chi connectivity index (χ4v) is 2.31. The molecule has 0 radical (unpaired) electrons. The molecule has 1 aromatic heterocycles. The van der Waals surface area contributed by atoms with Crippen LogP contribution >= 0.6 is 0 Å². The standard InChI is InChI=1S/C16H17FN4O2/c17-13-4-2-1-3-12(13)11-19-16-18-6-5-14(20-16)15(22)21-7-9-23-10-8-21/h1-6H,7-11H2,(H,18,19,20). The van der Waals surface area contributed by atoms with E-state index in [0.29, 0.717) is 43.5 Å². The molecule has 0 atom stereocenters. The normalized spacial score (nSPS) is 14.6. The number of hydrogen-bond acceptors (Lipinski definition) is 5. The number of aromatic nitrogens is 2. The first-order valence-corrected chi connectivity index (χ1v) is 7.41. The van der Waals surface area contributed by atoms with Crippen molar-refractivity contribution in [3.05, 3.63) is 53.6 Å². The van der Waals surface area contributed by atoms with Crippen LogP contribution in [0.15, 0.2) is 36.5 Å². The minimum absolute atomic E-state index is 0.148. The predicted octanol–water partition coefficient (Wildman–Crippen LogP) is 1.70. The lowest BCUT2D eigenvalue weighted by Gasteiger charge is -2.26. The summed E-state index contributed by atoms with van der Waals surface area (Å²) < 4.78 is 18.8. The van der Waals surface area contributed by atoms with Gasteiger partial charge in [0.1, 0.15) is 11.5 Å². The van der Waals surface area contributed by atoms with Gasteiger partial charge >= 0.3 is 0 Å². The summed E-state index contributed by atoms with van der Waals surface area (Å²) in [5, 5.41) is 2.94. The van der Waals surface area contributed by atoms with Gasteiger partial charge in [-0.3, -0.25) is 4.79 Å². The number of nitrogens with zero attached hydrogens (tertiary/aromatic N) is 3. The second-order valence-corrected chi connectivity index (χ2v) is 5.12. The molecule has 6 nitrogen and oxygen atoms in total. The highest BCUT2D eigenvalue weighted by atomic mass is 19.1. The van der Waals surface area contributed by atoms with Gasteiger partial charge in [0.15, 0.2) is 0 Å². The summed E-state index contributed by atoms with van der Waals surface area (Å²) in [6.45, 7) is 2.44. The van der Waals surface area contributed by atoms with Crippen molar-refractivity contribution in [3.8, 4) is 0 Å². The third kappa shape index (κ3) is 3.81. The van der Waals surface area contributed by atoms with Crippen LogP contribution in [0.25, 0.3) is 0 Å². The van der Waals surface area contributed by atoms with Crippen LogP contribution in [0.3, 0.4) is 0 Å². The first-order valence-electron chi connectivity index (χ1n) is 7.41. The average Bonchev–Trinajstić information content (AvgIpc) is 2.61. The maximum atomic E-state index is 13.6. The Bertz CT molecular complexity index is 689. The van der Waals surface area contributed by atoms with Crippen LogP contribution in [0.2, 0.25) is 0 Å². The highest BCUT2D eigenvalue weighted by Crippen LogP contribution is 2.10. The quantitative estimate of drug-likeness (QED) is 0.930. The summed E-state index contributed by atoms with van der Waals surface area (Å²) in [5.74, 6) is -0.141. The van der Waals surface area contributed by atoms with Gasteiger partial charge in [-0.1, -0.05) is 18.2 Å². The van der Waals surface area contributed by atoms with E-state index >= 15 is 0 Å². The second-order valence-electron chi connectivity index (χ2n) is 5.12. The van der Waals surface area contributed by atoms with Crippen molar-refractivity contribution in [2.24, 2.45) is 0 Å². The summed E-state index contributed by atoms with van der Waals surface area (Å²) >= 11 is 0. The zero-order valence-electron chi connectivity index (χ0n) is 12.5. The molecular formula is C16H17FN4O2. The zero-order chi connectivity index (χ0) is 16.1. The van der Waals surface area contributed by atoms with Crippen LogP contribution in [0, 0.1) is 5.82 Å². The Hall–Kier alpha value is -2.54. The van der Waals surface area contributed by atoms with Gasteiger partial charge in [0.2, 0.25) is 5.95 Å². The number of rotatable bonds is 4. The Morgan fingerprint density at radius 3 is 2.83 bits per heavy atom. The van der Waals surface area contributed by atoms with Crippen LogP contribution in [0.4, 0.5) is 10.3 Å². The van der Waals surface area contributed by atoms with E-state index in [4.69, 9.17) is 4.74 Å². The Balaban J connectivity index is 1.67. The molecule has 0 unspecified atom stereocenters. The van der Waals surface area contributed by atoms with Crippen LogP contribution in [0.5, 0.6) is 0 Å². The predicted molar refractivity (Wildman–Crippen MR) is 82.5 cm³/mol. The summed E-state index contributed by atoms with van der Waals surface area (Å²) in [6, 6.07) is 8.06.